The number of hydrogen-bond donors (Lipinski definition) is 0. The van der Waals surface area contributed by atoms with Gasteiger partial charge in [0.1, 0.15) is 0 Å². The van der Waals surface area contributed by atoms with Gasteiger partial charge in [0.15, 0.2) is 0 Å². The zero-order valence-electron chi connectivity index (χ0n) is 9.22. The molecule has 1 aliphatic rings. The molecule has 1 aliphatic carbocycles. The van der Waals surface area contributed by atoms with E-state index in [2.05, 4.69) is 39.8 Å². The molecule has 0 bridgehead atoms. The quantitative estimate of drug-likeness (QED) is 0.614. The van der Waals surface area contributed by atoms with Gasteiger partial charge in [-0.05, 0) is 44.7 Å². The maximum atomic E-state index is 2.39. The SMILES string of the molecule is CN(C)[C@H]1CC[C@@H]1CC(C)(C)C. The monoisotopic (exact) mass is 169 g/mol. The molecule has 0 heterocycles. The third-order valence-electron chi connectivity index (χ3n) is 2.92. The van der Waals surface area contributed by atoms with Gasteiger partial charge in [0, 0.05) is 6.04 Å². The second-order valence-electron chi connectivity index (χ2n) is 5.63. The summed E-state index contributed by atoms with van der Waals surface area (Å²) >= 11 is 0. The molecule has 12 heavy (non-hydrogen) atoms. The summed E-state index contributed by atoms with van der Waals surface area (Å²) in [7, 11) is 4.42. The van der Waals surface area contributed by atoms with Crippen LogP contribution in [-0.2, 0) is 0 Å². The standard InChI is InChI=1S/C11H23N/c1-11(2,3)8-9-6-7-10(9)12(4)5/h9-10H,6-8H2,1-5H3/t9-,10+/m1/s1. The summed E-state index contributed by atoms with van der Waals surface area (Å²) in [6.07, 6.45) is 4.24. The Morgan fingerprint density at radius 2 is 1.75 bits per heavy atom. The van der Waals surface area contributed by atoms with Crippen LogP contribution in [0.1, 0.15) is 40.0 Å². The lowest BCUT2D eigenvalue weighted by Crippen LogP contribution is -2.44. The van der Waals surface area contributed by atoms with E-state index in [0.717, 1.165) is 12.0 Å². The molecule has 0 saturated heterocycles. The average Bonchev–Trinajstić information content (AvgIpc) is 1.77. The van der Waals surface area contributed by atoms with Crippen molar-refractivity contribution in [1.29, 1.82) is 0 Å². The second kappa shape index (κ2) is 3.37. The van der Waals surface area contributed by atoms with Crippen LogP contribution in [0.5, 0.6) is 0 Å². The molecule has 1 saturated carbocycles. The molecule has 0 radical (unpaired) electrons. The van der Waals surface area contributed by atoms with E-state index in [1.807, 2.05) is 0 Å². The van der Waals surface area contributed by atoms with Crippen molar-refractivity contribution in [3.63, 3.8) is 0 Å². The van der Waals surface area contributed by atoms with Crippen LogP contribution in [0, 0.1) is 11.3 Å². The largest absolute Gasteiger partial charge is 0.306 e. The highest BCUT2D eigenvalue weighted by Gasteiger charge is 2.34. The molecule has 0 aromatic heterocycles. The Morgan fingerprint density at radius 1 is 1.17 bits per heavy atom. The molecule has 1 fully saturated rings. The second-order valence-corrected chi connectivity index (χ2v) is 5.63. The van der Waals surface area contributed by atoms with Crippen LogP contribution < -0.4 is 0 Å². The van der Waals surface area contributed by atoms with E-state index in [0.29, 0.717) is 5.41 Å². The van der Waals surface area contributed by atoms with Gasteiger partial charge in [0.2, 0.25) is 0 Å². The number of nitrogens with zero attached hydrogens (tertiary/aromatic N) is 1. The normalized spacial score (nSPS) is 30.5. The summed E-state index contributed by atoms with van der Waals surface area (Å²) in [5.74, 6) is 0.958. The molecule has 1 nitrogen and oxygen atoms in total. The maximum absolute atomic E-state index is 2.39. The van der Waals surface area contributed by atoms with Gasteiger partial charge in [-0.25, -0.2) is 0 Å². The minimum atomic E-state index is 0.513. The summed E-state index contributed by atoms with van der Waals surface area (Å²) in [5.41, 5.74) is 0.513. The molecule has 1 heteroatoms. The average molecular weight is 169 g/mol. The molecule has 1 rings (SSSR count). The Kier molecular flexibility index (Phi) is 2.82. The predicted octanol–water partition coefficient (Wildman–Crippen LogP) is 2.76. The molecule has 0 amide bonds. The van der Waals surface area contributed by atoms with Gasteiger partial charge in [0.05, 0.1) is 0 Å². The lowest BCUT2D eigenvalue weighted by Gasteiger charge is -2.44. The number of rotatable bonds is 2. The fourth-order valence-electron chi connectivity index (χ4n) is 2.26. The topological polar surface area (TPSA) is 3.24 Å². The van der Waals surface area contributed by atoms with Crippen LogP contribution in [0.3, 0.4) is 0 Å². The van der Waals surface area contributed by atoms with Crippen LogP contribution in [0.4, 0.5) is 0 Å². The van der Waals surface area contributed by atoms with Crippen molar-refractivity contribution in [2.45, 2.75) is 46.1 Å². The Bertz CT molecular complexity index is 144. The lowest BCUT2D eigenvalue weighted by atomic mass is 9.70. The van der Waals surface area contributed by atoms with Crippen molar-refractivity contribution in [1.82, 2.24) is 4.90 Å². The van der Waals surface area contributed by atoms with Crippen molar-refractivity contribution in [2.24, 2.45) is 11.3 Å². The fourth-order valence-corrected chi connectivity index (χ4v) is 2.26. The van der Waals surface area contributed by atoms with Gasteiger partial charge in [-0.3, -0.25) is 0 Å². The smallest absolute Gasteiger partial charge is 0.0118 e. The van der Waals surface area contributed by atoms with Crippen molar-refractivity contribution in [2.75, 3.05) is 14.1 Å². The van der Waals surface area contributed by atoms with Crippen LogP contribution >= 0.6 is 0 Å². The molecule has 2 atom stereocenters. The summed E-state index contributed by atoms with van der Waals surface area (Å²) in [6, 6.07) is 0.865. The summed E-state index contributed by atoms with van der Waals surface area (Å²) < 4.78 is 0. The van der Waals surface area contributed by atoms with Crippen molar-refractivity contribution in [3.05, 3.63) is 0 Å². The van der Waals surface area contributed by atoms with E-state index in [1.165, 1.54) is 19.3 Å². The summed E-state index contributed by atoms with van der Waals surface area (Å²) in [6.45, 7) is 7.04. The predicted molar refractivity (Wildman–Crippen MR) is 54.3 cm³/mol. The zero-order chi connectivity index (χ0) is 9.35. The highest BCUT2D eigenvalue weighted by molar-refractivity contribution is 4.88. The van der Waals surface area contributed by atoms with Crippen LogP contribution in [-0.4, -0.2) is 25.0 Å². The lowest BCUT2D eigenvalue weighted by molar-refractivity contribution is 0.0724. The Balaban J connectivity index is 2.35. The zero-order valence-corrected chi connectivity index (χ0v) is 9.22. The van der Waals surface area contributed by atoms with Crippen molar-refractivity contribution >= 4 is 0 Å². The summed E-state index contributed by atoms with van der Waals surface area (Å²) in [5, 5.41) is 0. The highest BCUT2D eigenvalue weighted by atomic mass is 15.1. The van der Waals surface area contributed by atoms with E-state index in [4.69, 9.17) is 0 Å². The van der Waals surface area contributed by atoms with Gasteiger partial charge in [0.25, 0.3) is 0 Å². The molecule has 0 spiro atoms. The molecule has 0 aromatic rings. The van der Waals surface area contributed by atoms with Gasteiger partial charge in [-0.15, -0.1) is 0 Å². The van der Waals surface area contributed by atoms with E-state index in [1.54, 1.807) is 0 Å². The molecule has 0 unspecified atom stereocenters. The van der Waals surface area contributed by atoms with E-state index in [-0.39, 0.29) is 0 Å². The Morgan fingerprint density at radius 3 is 2.00 bits per heavy atom. The van der Waals surface area contributed by atoms with Gasteiger partial charge in [-0.1, -0.05) is 20.8 Å². The highest BCUT2D eigenvalue weighted by Crippen LogP contribution is 2.39. The van der Waals surface area contributed by atoms with Gasteiger partial charge in [-0.2, -0.15) is 0 Å². The maximum Gasteiger partial charge on any atom is 0.0118 e. The van der Waals surface area contributed by atoms with Crippen LogP contribution in [0.15, 0.2) is 0 Å². The molecule has 72 valence electrons. The fraction of sp³-hybridized carbons (Fsp3) is 1.00. The molecule has 0 aliphatic heterocycles. The van der Waals surface area contributed by atoms with Crippen LogP contribution in [0.2, 0.25) is 0 Å². The van der Waals surface area contributed by atoms with Crippen molar-refractivity contribution < 1.29 is 0 Å². The molecular weight excluding hydrogens is 146 g/mol. The Hall–Kier alpha value is -0.0400. The van der Waals surface area contributed by atoms with Gasteiger partial charge < -0.3 is 4.90 Å². The molecular formula is C11H23N. The minimum absolute atomic E-state index is 0.513. The first-order valence-corrected chi connectivity index (χ1v) is 5.06. The van der Waals surface area contributed by atoms with Gasteiger partial charge >= 0.3 is 0 Å². The minimum Gasteiger partial charge on any atom is -0.306 e. The Labute approximate surface area is 77.1 Å². The first-order valence-electron chi connectivity index (χ1n) is 5.06. The van der Waals surface area contributed by atoms with Crippen molar-refractivity contribution in [3.8, 4) is 0 Å². The van der Waals surface area contributed by atoms with E-state index in [9.17, 15) is 0 Å². The number of hydrogen-bond acceptors (Lipinski definition) is 1. The first-order chi connectivity index (χ1) is 5.40. The molecule has 0 N–H and O–H groups in total. The molecule has 0 aromatic carbocycles. The van der Waals surface area contributed by atoms with Crippen LogP contribution in [0.25, 0.3) is 0 Å². The first kappa shape index (κ1) is 10.0. The summed E-state index contributed by atoms with van der Waals surface area (Å²) in [4.78, 5) is 2.39. The van der Waals surface area contributed by atoms with E-state index < -0.39 is 0 Å². The van der Waals surface area contributed by atoms with E-state index >= 15 is 0 Å². The third kappa shape index (κ3) is 2.48. The third-order valence-corrected chi connectivity index (χ3v) is 2.92.